The summed E-state index contributed by atoms with van der Waals surface area (Å²) in [7, 11) is 0. The van der Waals surface area contributed by atoms with Crippen LogP contribution in [0, 0.1) is 0 Å². The third kappa shape index (κ3) is 4.71. The number of hydrogen-bond acceptors (Lipinski definition) is 5. The number of nitrogens with zero attached hydrogens (tertiary/aromatic N) is 1. The van der Waals surface area contributed by atoms with E-state index in [1.807, 2.05) is 30.3 Å². The average molecular weight is 347 g/mol. The van der Waals surface area contributed by atoms with E-state index >= 15 is 0 Å². The van der Waals surface area contributed by atoms with Crippen LogP contribution in [0.15, 0.2) is 65.8 Å². The second-order valence-electron chi connectivity index (χ2n) is 5.37. The Morgan fingerprint density at radius 3 is 2.96 bits per heavy atom. The molecule has 0 aliphatic carbocycles. The Morgan fingerprint density at radius 1 is 1.38 bits per heavy atom. The number of aliphatic imine (C=N–C) groups is 1. The molecule has 1 aliphatic rings. The third-order valence-corrected chi connectivity index (χ3v) is 3.73. The van der Waals surface area contributed by atoms with E-state index in [9.17, 15) is 0 Å². The summed E-state index contributed by atoms with van der Waals surface area (Å²) in [5.74, 6) is -0.517. The number of benzene rings is 1. The highest BCUT2D eigenvalue weighted by atomic mass is 35.5. The van der Waals surface area contributed by atoms with Gasteiger partial charge in [-0.25, -0.2) is 4.99 Å². The zero-order valence-corrected chi connectivity index (χ0v) is 14.4. The van der Waals surface area contributed by atoms with Crippen molar-refractivity contribution in [2.24, 2.45) is 10.7 Å². The molecule has 0 radical (unpaired) electrons. The van der Waals surface area contributed by atoms with Crippen molar-refractivity contribution in [3.63, 3.8) is 0 Å². The number of hydrogen-bond donors (Lipinski definition) is 3. The van der Waals surface area contributed by atoms with Gasteiger partial charge in [0, 0.05) is 18.3 Å². The van der Waals surface area contributed by atoms with Gasteiger partial charge in [0.25, 0.3) is 0 Å². The summed E-state index contributed by atoms with van der Waals surface area (Å²) >= 11 is 6.19. The molecule has 1 aromatic rings. The van der Waals surface area contributed by atoms with Crippen LogP contribution in [0.2, 0.25) is 0 Å². The van der Waals surface area contributed by atoms with Crippen LogP contribution < -0.4 is 16.4 Å². The van der Waals surface area contributed by atoms with E-state index < -0.39 is 5.79 Å². The van der Waals surface area contributed by atoms with Crippen LogP contribution in [0.1, 0.15) is 17.5 Å². The molecular weight excluding hydrogens is 324 g/mol. The van der Waals surface area contributed by atoms with E-state index in [0.717, 1.165) is 17.5 Å². The molecular formula is C18H23ClN4O. The lowest BCUT2D eigenvalue weighted by molar-refractivity contribution is 0.148. The van der Waals surface area contributed by atoms with Crippen LogP contribution in [0.5, 0.6) is 0 Å². The smallest absolute Gasteiger partial charge is 0.211 e. The van der Waals surface area contributed by atoms with Gasteiger partial charge in [-0.3, -0.25) is 5.73 Å². The molecule has 1 unspecified atom stereocenters. The van der Waals surface area contributed by atoms with E-state index in [4.69, 9.17) is 22.1 Å². The van der Waals surface area contributed by atoms with Crippen molar-refractivity contribution >= 4 is 17.4 Å². The summed E-state index contributed by atoms with van der Waals surface area (Å²) in [6.45, 7) is 9.01. The zero-order valence-electron chi connectivity index (χ0n) is 13.6. The van der Waals surface area contributed by atoms with Gasteiger partial charge in [0.05, 0.1) is 18.2 Å². The maximum Gasteiger partial charge on any atom is 0.211 e. The Morgan fingerprint density at radius 2 is 2.21 bits per heavy atom. The normalized spacial score (nSPS) is 19.8. The fourth-order valence-electron chi connectivity index (χ4n) is 2.23. The molecule has 128 valence electrons. The molecule has 2 rings (SSSR count). The molecule has 0 bridgehead atoms. The van der Waals surface area contributed by atoms with Crippen LogP contribution in [0.3, 0.4) is 0 Å². The summed E-state index contributed by atoms with van der Waals surface area (Å²) < 4.78 is 5.48. The Balaban J connectivity index is 2.18. The Hall–Kier alpha value is -2.08. The number of ether oxygens (including phenoxy) is 1. The van der Waals surface area contributed by atoms with Gasteiger partial charge in [0.2, 0.25) is 5.79 Å². The summed E-state index contributed by atoms with van der Waals surface area (Å²) in [5.41, 5.74) is 8.28. The van der Waals surface area contributed by atoms with E-state index in [0.29, 0.717) is 30.6 Å². The lowest BCUT2D eigenvalue weighted by Crippen LogP contribution is -2.50. The highest BCUT2D eigenvalue weighted by Crippen LogP contribution is 2.23. The first-order valence-corrected chi connectivity index (χ1v) is 8.12. The Kier molecular flexibility index (Phi) is 6.61. The molecule has 1 aliphatic heterocycles. The SMILES string of the molecule is C=CCCNC1=NC(N)(c2cccc(COCC=C)c2)NC=C1Cl. The highest BCUT2D eigenvalue weighted by Gasteiger charge is 2.30. The molecule has 1 aromatic carbocycles. The zero-order chi connectivity index (χ0) is 17.4. The molecule has 6 heteroatoms. The third-order valence-electron chi connectivity index (χ3n) is 3.45. The van der Waals surface area contributed by atoms with Gasteiger partial charge in [0.15, 0.2) is 0 Å². The number of rotatable bonds is 8. The maximum atomic E-state index is 6.44. The Labute approximate surface area is 147 Å². The molecule has 0 amide bonds. The first kappa shape index (κ1) is 18.3. The average Bonchev–Trinajstić information content (AvgIpc) is 2.59. The summed E-state index contributed by atoms with van der Waals surface area (Å²) in [6, 6.07) is 7.79. The number of halogens is 1. The van der Waals surface area contributed by atoms with Crippen LogP contribution in [-0.2, 0) is 17.1 Å². The maximum absolute atomic E-state index is 6.44. The van der Waals surface area contributed by atoms with Crippen LogP contribution in [-0.4, -0.2) is 19.0 Å². The first-order valence-electron chi connectivity index (χ1n) is 7.74. The van der Waals surface area contributed by atoms with E-state index in [-0.39, 0.29) is 0 Å². The van der Waals surface area contributed by atoms with Crippen LogP contribution in [0.4, 0.5) is 0 Å². The van der Waals surface area contributed by atoms with Gasteiger partial charge < -0.3 is 15.4 Å². The van der Waals surface area contributed by atoms with Gasteiger partial charge in [0.1, 0.15) is 5.84 Å². The molecule has 1 heterocycles. The predicted molar refractivity (Wildman–Crippen MR) is 99.5 cm³/mol. The van der Waals surface area contributed by atoms with Crippen molar-refractivity contribution in [3.05, 3.63) is 71.9 Å². The lowest BCUT2D eigenvalue weighted by Gasteiger charge is -2.31. The van der Waals surface area contributed by atoms with Crippen LogP contribution >= 0.6 is 11.6 Å². The minimum absolute atomic E-state index is 0.487. The van der Waals surface area contributed by atoms with Crippen molar-refractivity contribution < 1.29 is 4.74 Å². The van der Waals surface area contributed by atoms with E-state index in [2.05, 4.69) is 28.8 Å². The topological polar surface area (TPSA) is 71.7 Å². The number of nitrogens with one attached hydrogen (secondary N) is 2. The minimum Gasteiger partial charge on any atom is -0.373 e. The molecule has 0 aromatic heterocycles. The van der Waals surface area contributed by atoms with Gasteiger partial charge in [-0.1, -0.05) is 42.0 Å². The molecule has 1 atom stereocenters. The van der Waals surface area contributed by atoms with Crippen molar-refractivity contribution in [2.45, 2.75) is 18.8 Å². The lowest BCUT2D eigenvalue weighted by atomic mass is 10.0. The molecule has 0 saturated carbocycles. The van der Waals surface area contributed by atoms with E-state index in [1.54, 1.807) is 12.3 Å². The van der Waals surface area contributed by atoms with Gasteiger partial charge in [-0.05, 0) is 18.1 Å². The molecule has 5 nitrogen and oxygen atoms in total. The second-order valence-corrected chi connectivity index (χ2v) is 5.78. The van der Waals surface area contributed by atoms with Crippen molar-refractivity contribution in [1.82, 2.24) is 10.6 Å². The van der Waals surface area contributed by atoms with E-state index in [1.165, 1.54) is 0 Å². The largest absolute Gasteiger partial charge is 0.373 e. The minimum atomic E-state index is -1.08. The number of nitrogens with two attached hydrogens (primary N) is 1. The molecule has 4 N–H and O–H groups in total. The predicted octanol–water partition coefficient (Wildman–Crippen LogP) is 2.71. The molecule has 0 fully saturated rings. The summed E-state index contributed by atoms with van der Waals surface area (Å²) in [5, 5.41) is 6.72. The summed E-state index contributed by atoms with van der Waals surface area (Å²) in [4.78, 5) is 4.56. The van der Waals surface area contributed by atoms with Crippen molar-refractivity contribution in [1.29, 1.82) is 0 Å². The Bertz CT molecular complexity index is 656. The van der Waals surface area contributed by atoms with Gasteiger partial charge >= 0.3 is 0 Å². The monoisotopic (exact) mass is 346 g/mol. The second kappa shape index (κ2) is 8.68. The highest BCUT2D eigenvalue weighted by molar-refractivity contribution is 6.43. The van der Waals surface area contributed by atoms with Crippen molar-refractivity contribution in [2.75, 3.05) is 13.2 Å². The number of amidine groups is 1. The summed E-state index contributed by atoms with van der Waals surface area (Å²) in [6.07, 6.45) is 6.01. The first-order chi connectivity index (χ1) is 11.6. The standard InChI is InChI=1S/C18H23ClN4O/c1-3-5-9-21-17-16(19)12-22-18(20,23-17)15-8-6-7-14(11-15)13-24-10-4-2/h3-4,6-8,11-12,22H,1-2,5,9-10,13,20H2,(H,21,23). The quantitative estimate of drug-likeness (QED) is 0.500. The molecule has 24 heavy (non-hydrogen) atoms. The molecule has 0 saturated heterocycles. The van der Waals surface area contributed by atoms with Gasteiger partial charge in [-0.2, -0.15) is 0 Å². The van der Waals surface area contributed by atoms with Crippen LogP contribution in [0.25, 0.3) is 0 Å². The van der Waals surface area contributed by atoms with Crippen molar-refractivity contribution in [3.8, 4) is 0 Å². The molecule has 0 spiro atoms. The van der Waals surface area contributed by atoms with Gasteiger partial charge in [-0.15, -0.1) is 13.2 Å². The fraction of sp³-hybridized carbons (Fsp3) is 0.278. The fourth-order valence-corrected chi connectivity index (χ4v) is 2.39.